The maximum atomic E-state index is 11.3. The van der Waals surface area contributed by atoms with Crippen LogP contribution >= 0.6 is 0 Å². The molecule has 1 aromatic heterocycles. The molecule has 1 rings (SSSR count). The molecule has 0 unspecified atom stereocenters. The molecule has 0 amide bonds. The number of nitrogens with zero attached hydrogens (tertiary/aromatic N) is 1. The highest BCUT2D eigenvalue weighted by atomic mass is 16.5. The van der Waals surface area contributed by atoms with Gasteiger partial charge < -0.3 is 9.30 Å². The van der Waals surface area contributed by atoms with Crippen molar-refractivity contribution >= 4 is 5.97 Å². The van der Waals surface area contributed by atoms with E-state index in [0.29, 0.717) is 5.69 Å². The molecule has 0 spiro atoms. The summed E-state index contributed by atoms with van der Waals surface area (Å²) in [7, 11) is 1.39. The van der Waals surface area contributed by atoms with Gasteiger partial charge in [-0.25, -0.2) is 4.79 Å². The summed E-state index contributed by atoms with van der Waals surface area (Å²) in [5.74, 6) is -0.292. The summed E-state index contributed by atoms with van der Waals surface area (Å²) >= 11 is 0. The number of methoxy groups -OCH3 is 1. The Balaban J connectivity index is 3.10. The van der Waals surface area contributed by atoms with Crippen molar-refractivity contribution in [2.75, 3.05) is 7.11 Å². The lowest BCUT2D eigenvalue weighted by molar-refractivity contribution is 0.0581. The molecule has 1 aromatic rings. The highest BCUT2D eigenvalue weighted by Crippen LogP contribution is 2.17. The second-order valence-corrected chi connectivity index (χ2v) is 3.93. The zero-order chi connectivity index (χ0) is 10.1. The van der Waals surface area contributed by atoms with Gasteiger partial charge in [0.2, 0.25) is 0 Å². The Bertz CT molecular complexity index is 307. The Hall–Kier alpha value is -1.25. The molecule has 0 radical (unpaired) electrons. The lowest BCUT2D eigenvalue weighted by atomic mass is 10.1. The van der Waals surface area contributed by atoms with Gasteiger partial charge in [0.05, 0.1) is 7.11 Å². The summed E-state index contributed by atoms with van der Waals surface area (Å²) in [5, 5.41) is 0. The van der Waals surface area contributed by atoms with E-state index < -0.39 is 0 Å². The maximum absolute atomic E-state index is 11.3. The van der Waals surface area contributed by atoms with Gasteiger partial charge in [0.25, 0.3) is 0 Å². The first-order valence-electron chi connectivity index (χ1n) is 4.23. The molecule has 0 aliphatic heterocycles. The Morgan fingerprint density at radius 1 is 1.46 bits per heavy atom. The van der Waals surface area contributed by atoms with Crippen molar-refractivity contribution in [3.63, 3.8) is 0 Å². The minimum absolute atomic E-state index is 0.0903. The summed E-state index contributed by atoms with van der Waals surface area (Å²) in [6.07, 6.45) is 1.88. The summed E-state index contributed by atoms with van der Waals surface area (Å²) in [4.78, 5) is 11.3. The smallest absolute Gasteiger partial charge is 0.354 e. The molecule has 1 heterocycles. The topological polar surface area (TPSA) is 31.2 Å². The second-order valence-electron chi connectivity index (χ2n) is 3.93. The van der Waals surface area contributed by atoms with E-state index in [1.54, 1.807) is 6.07 Å². The van der Waals surface area contributed by atoms with Gasteiger partial charge in [-0.05, 0) is 32.9 Å². The van der Waals surface area contributed by atoms with Gasteiger partial charge in [-0.15, -0.1) is 0 Å². The Labute approximate surface area is 78.3 Å². The number of carbonyl (C=O) groups excluding carboxylic acids is 1. The van der Waals surface area contributed by atoms with Crippen molar-refractivity contribution in [3.05, 3.63) is 24.0 Å². The van der Waals surface area contributed by atoms with Gasteiger partial charge in [0.1, 0.15) is 5.69 Å². The van der Waals surface area contributed by atoms with Gasteiger partial charge in [0, 0.05) is 11.7 Å². The van der Waals surface area contributed by atoms with Crippen LogP contribution in [0.3, 0.4) is 0 Å². The Morgan fingerprint density at radius 2 is 2.08 bits per heavy atom. The fraction of sp³-hybridized carbons (Fsp3) is 0.500. The number of hydrogen-bond donors (Lipinski definition) is 0. The predicted molar refractivity (Wildman–Crippen MR) is 50.8 cm³/mol. The van der Waals surface area contributed by atoms with Crippen LogP contribution in [0.5, 0.6) is 0 Å². The first-order chi connectivity index (χ1) is 5.96. The van der Waals surface area contributed by atoms with Crippen LogP contribution in [0.25, 0.3) is 0 Å². The number of aromatic nitrogens is 1. The molecular weight excluding hydrogens is 166 g/mol. The van der Waals surface area contributed by atoms with Crippen LogP contribution in [0.4, 0.5) is 0 Å². The zero-order valence-electron chi connectivity index (χ0n) is 8.50. The maximum Gasteiger partial charge on any atom is 0.354 e. The molecule has 13 heavy (non-hydrogen) atoms. The summed E-state index contributed by atoms with van der Waals surface area (Å²) in [6.45, 7) is 6.12. The molecule has 0 aliphatic rings. The van der Waals surface area contributed by atoms with Crippen LogP contribution < -0.4 is 0 Å². The van der Waals surface area contributed by atoms with Crippen molar-refractivity contribution in [3.8, 4) is 0 Å². The molecule has 0 N–H and O–H groups in total. The molecule has 0 saturated heterocycles. The zero-order valence-corrected chi connectivity index (χ0v) is 8.50. The third-order valence-electron chi connectivity index (χ3n) is 1.87. The fourth-order valence-corrected chi connectivity index (χ4v) is 1.24. The summed E-state index contributed by atoms with van der Waals surface area (Å²) in [5.41, 5.74) is 0.502. The van der Waals surface area contributed by atoms with Gasteiger partial charge >= 0.3 is 5.97 Å². The first-order valence-corrected chi connectivity index (χ1v) is 4.23. The first kappa shape index (κ1) is 9.84. The standard InChI is InChI=1S/C10H15NO2/c1-10(2,3)11-7-5-6-8(11)9(12)13-4/h5-7H,1-4H3. The van der Waals surface area contributed by atoms with E-state index in [1.807, 2.05) is 37.6 Å². The van der Waals surface area contributed by atoms with E-state index in [-0.39, 0.29) is 11.5 Å². The number of ether oxygens (including phenoxy) is 1. The Kier molecular flexibility index (Phi) is 2.45. The van der Waals surface area contributed by atoms with E-state index >= 15 is 0 Å². The minimum atomic E-state index is -0.292. The van der Waals surface area contributed by atoms with Crippen LogP contribution in [0.1, 0.15) is 31.3 Å². The van der Waals surface area contributed by atoms with Gasteiger partial charge in [-0.2, -0.15) is 0 Å². The normalized spacial score (nSPS) is 11.4. The number of carbonyl (C=O) groups is 1. The molecule has 0 bridgehead atoms. The van der Waals surface area contributed by atoms with Crippen LogP contribution in [-0.2, 0) is 10.3 Å². The molecule has 0 aromatic carbocycles. The van der Waals surface area contributed by atoms with Crippen LogP contribution in [0.2, 0.25) is 0 Å². The molecule has 0 fully saturated rings. The highest BCUT2D eigenvalue weighted by Gasteiger charge is 2.19. The van der Waals surface area contributed by atoms with E-state index in [1.165, 1.54) is 7.11 Å². The van der Waals surface area contributed by atoms with Crippen molar-refractivity contribution in [2.24, 2.45) is 0 Å². The molecule has 3 nitrogen and oxygen atoms in total. The summed E-state index contributed by atoms with van der Waals surface area (Å²) in [6, 6.07) is 3.61. The quantitative estimate of drug-likeness (QED) is 0.621. The molecule has 3 heteroatoms. The van der Waals surface area contributed by atoms with Crippen molar-refractivity contribution < 1.29 is 9.53 Å². The SMILES string of the molecule is COC(=O)c1cccn1C(C)(C)C. The van der Waals surface area contributed by atoms with Gasteiger partial charge in [-0.1, -0.05) is 0 Å². The lowest BCUT2D eigenvalue weighted by Gasteiger charge is -2.23. The van der Waals surface area contributed by atoms with Crippen molar-refractivity contribution in [2.45, 2.75) is 26.3 Å². The predicted octanol–water partition coefficient (Wildman–Crippen LogP) is 2.03. The minimum Gasteiger partial charge on any atom is -0.464 e. The van der Waals surface area contributed by atoms with E-state index in [4.69, 9.17) is 0 Å². The Morgan fingerprint density at radius 3 is 2.54 bits per heavy atom. The third-order valence-corrected chi connectivity index (χ3v) is 1.87. The van der Waals surface area contributed by atoms with E-state index in [9.17, 15) is 4.79 Å². The van der Waals surface area contributed by atoms with Crippen LogP contribution in [0.15, 0.2) is 18.3 Å². The third kappa shape index (κ3) is 1.91. The summed E-state index contributed by atoms with van der Waals surface area (Å²) < 4.78 is 6.57. The second kappa shape index (κ2) is 3.24. The number of rotatable bonds is 1. The molecular formula is C10H15NO2. The molecule has 0 saturated carbocycles. The van der Waals surface area contributed by atoms with Crippen molar-refractivity contribution in [1.82, 2.24) is 4.57 Å². The largest absolute Gasteiger partial charge is 0.464 e. The lowest BCUT2D eigenvalue weighted by Crippen LogP contribution is -2.25. The van der Waals surface area contributed by atoms with Crippen molar-refractivity contribution in [1.29, 1.82) is 0 Å². The molecule has 72 valence electrons. The monoisotopic (exact) mass is 181 g/mol. The number of hydrogen-bond acceptors (Lipinski definition) is 2. The van der Waals surface area contributed by atoms with Crippen LogP contribution in [0, 0.1) is 0 Å². The molecule has 0 atom stereocenters. The van der Waals surface area contributed by atoms with E-state index in [0.717, 1.165) is 0 Å². The van der Waals surface area contributed by atoms with Gasteiger partial charge in [0.15, 0.2) is 0 Å². The van der Waals surface area contributed by atoms with Gasteiger partial charge in [-0.3, -0.25) is 0 Å². The number of esters is 1. The highest BCUT2D eigenvalue weighted by molar-refractivity contribution is 5.87. The average molecular weight is 181 g/mol. The average Bonchev–Trinajstić information content (AvgIpc) is 2.49. The van der Waals surface area contributed by atoms with E-state index in [2.05, 4.69) is 4.74 Å². The fourth-order valence-electron chi connectivity index (χ4n) is 1.24. The molecule has 0 aliphatic carbocycles. The van der Waals surface area contributed by atoms with Crippen LogP contribution in [-0.4, -0.2) is 17.6 Å².